The van der Waals surface area contributed by atoms with Crippen LogP contribution in [0, 0.1) is 12.8 Å². The van der Waals surface area contributed by atoms with Crippen molar-refractivity contribution in [2.45, 2.75) is 31.1 Å². The fourth-order valence-corrected chi connectivity index (χ4v) is 5.69. The minimum Gasteiger partial charge on any atom is -0.497 e. The summed E-state index contributed by atoms with van der Waals surface area (Å²) < 4.78 is 25.4. The lowest BCUT2D eigenvalue weighted by molar-refractivity contribution is 0.413. The monoisotopic (exact) mass is 459 g/mol. The molecule has 170 valence electrons. The standard InChI is InChI=1S/C28H29NO3S/c1-19-5-3-4-6-24(19)28-27(25-14-13-23(31-2)17-26(25)33(28)30)32-22-11-9-20(10-12-22)15-16-29-18-21-7-8-21/h3-6,9-14,17,21,29H,7-8,15-16,18H2,1-2H3. The van der Waals surface area contributed by atoms with E-state index in [0.29, 0.717) is 16.4 Å². The molecule has 5 rings (SSSR count). The first kappa shape index (κ1) is 21.9. The Hall–Kier alpha value is -2.89. The minimum absolute atomic E-state index is 0.652. The van der Waals surface area contributed by atoms with Crippen molar-refractivity contribution in [3.05, 3.63) is 89.0 Å². The number of ether oxygens (including phenoxy) is 2. The van der Waals surface area contributed by atoms with Crippen LogP contribution in [0.2, 0.25) is 0 Å². The molecular weight excluding hydrogens is 430 g/mol. The van der Waals surface area contributed by atoms with E-state index in [1.165, 1.54) is 18.4 Å². The summed E-state index contributed by atoms with van der Waals surface area (Å²) in [6.45, 7) is 4.17. The molecule has 0 bridgehead atoms. The molecule has 1 heterocycles. The number of hydrogen-bond acceptors (Lipinski definition) is 4. The maximum atomic E-state index is 13.6. The number of methoxy groups -OCH3 is 1. The Labute approximate surface area is 198 Å². The summed E-state index contributed by atoms with van der Waals surface area (Å²) in [5.74, 6) is 2.98. The van der Waals surface area contributed by atoms with Gasteiger partial charge in [-0.2, -0.15) is 0 Å². The summed E-state index contributed by atoms with van der Waals surface area (Å²) >= 11 is 0. The van der Waals surface area contributed by atoms with Crippen molar-refractivity contribution in [3.8, 4) is 11.5 Å². The second-order valence-corrected chi connectivity index (χ2v) is 10.1. The predicted octanol–water partition coefficient (Wildman–Crippen LogP) is 5.57. The van der Waals surface area contributed by atoms with Gasteiger partial charge in [0.05, 0.1) is 27.7 Å². The highest BCUT2D eigenvalue weighted by Crippen LogP contribution is 2.44. The molecule has 2 aliphatic rings. The fraction of sp³-hybridized carbons (Fsp3) is 0.286. The molecular formula is C28H29NO3S. The second-order valence-electron chi connectivity index (χ2n) is 8.75. The van der Waals surface area contributed by atoms with Crippen molar-refractivity contribution in [1.29, 1.82) is 0 Å². The lowest BCUT2D eigenvalue weighted by Crippen LogP contribution is -2.19. The molecule has 3 aromatic rings. The van der Waals surface area contributed by atoms with Crippen LogP contribution >= 0.6 is 0 Å². The van der Waals surface area contributed by atoms with E-state index in [4.69, 9.17) is 9.47 Å². The number of aryl methyl sites for hydroxylation is 1. The Morgan fingerprint density at radius 2 is 1.73 bits per heavy atom. The Bertz CT molecular complexity index is 1210. The van der Waals surface area contributed by atoms with Crippen molar-refractivity contribution in [2.24, 2.45) is 5.92 Å². The van der Waals surface area contributed by atoms with Crippen LogP contribution in [-0.4, -0.2) is 24.4 Å². The van der Waals surface area contributed by atoms with Gasteiger partial charge in [0.15, 0.2) is 5.76 Å². The van der Waals surface area contributed by atoms with Gasteiger partial charge in [-0.25, -0.2) is 4.21 Å². The molecule has 0 amide bonds. The lowest BCUT2D eigenvalue weighted by Gasteiger charge is -2.12. The molecule has 3 aromatic carbocycles. The van der Waals surface area contributed by atoms with Gasteiger partial charge in [0, 0.05) is 5.56 Å². The van der Waals surface area contributed by atoms with E-state index < -0.39 is 10.8 Å². The van der Waals surface area contributed by atoms with Gasteiger partial charge in [-0.15, -0.1) is 0 Å². The van der Waals surface area contributed by atoms with Gasteiger partial charge in [-0.3, -0.25) is 0 Å². The number of hydrogen-bond donors (Lipinski definition) is 1. The maximum Gasteiger partial charge on any atom is 0.152 e. The van der Waals surface area contributed by atoms with Crippen molar-refractivity contribution >= 4 is 21.5 Å². The Kier molecular flexibility index (Phi) is 6.34. The molecule has 33 heavy (non-hydrogen) atoms. The zero-order valence-corrected chi connectivity index (χ0v) is 19.9. The maximum absolute atomic E-state index is 13.6. The summed E-state index contributed by atoms with van der Waals surface area (Å²) in [5, 5.41) is 3.54. The zero-order chi connectivity index (χ0) is 22.8. The Balaban J connectivity index is 1.42. The third-order valence-corrected chi connectivity index (χ3v) is 7.79. The van der Waals surface area contributed by atoms with Crippen molar-refractivity contribution < 1.29 is 13.7 Å². The minimum atomic E-state index is -1.35. The number of nitrogens with one attached hydrogen (secondary N) is 1. The fourth-order valence-electron chi connectivity index (χ4n) is 4.14. The molecule has 0 saturated heterocycles. The van der Waals surface area contributed by atoms with Crippen LogP contribution in [0.3, 0.4) is 0 Å². The van der Waals surface area contributed by atoms with Crippen LogP contribution < -0.4 is 14.8 Å². The van der Waals surface area contributed by atoms with Gasteiger partial charge in [0.25, 0.3) is 0 Å². The largest absolute Gasteiger partial charge is 0.497 e. The third kappa shape index (κ3) is 4.75. The summed E-state index contributed by atoms with van der Waals surface area (Å²) in [7, 11) is 0.266. The van der Waals surface area contributed by atoms with Crippen LogP contribution in [-0.2, 0) is 17.2 Å². The van der Waals surface area contributed by atoms with Crippen molar-refractivity contribution in [1.82, 2.24) is 5.32 Å². The smallest absolute Gasteiger partial charge is 0.152 e. The van der Waals surface area contributed by atoms with Crippen LogP contribution in [0.5, 0.6) is 11.5 Å². The second kappa shape index (κ2) is 9.54. The number of fused-ring (bicyclic) bond motifs is 1. The quantitative estimate of drug-likeness (QED) is 0.425. The molecule has 1 aliphatic carbocycles. The highest BCUT2D eigenvalue weighted by Gasteiger charge is 2.33. The van der Waals surface area contributed by atoms with Crippen molar-refractivity contribution in [2.75, 3.05) is 20.2 Å². The van der Waals surface area contributed by atoms with E-state index in [9.17, 15) is 4.21 Å². The van der Waals surface area contributed by atoms with Gasteiger partial charge < -0.3 is 14.8 Å². The summed E-state index contributed by atoms with van der Waals surface area (Å²) in [5.41, 5.74) is 4.13. The molecule has 1 N–H and O–H groups in total. The molecule has 1 fully saturated rings. The first-order valence-electron chi connectivity index (χ1n) is 11.5. The average Bonchev–Trinajstić information content (AvgIpc) is 3.63. The first-order valence-corrected chi connectivity index (χ1v) is 12.7. The van der Waals surface area contributed by atoms with Gasteiger partial charge in [0.1, 0.15) is 11.5 Å². The third-order valence-electron chi connectivity index (χ3n) is 6.28. The van der Waals surface area contributed by atoms with Crippen LogP contribution in [0.25, 0.3) is 10.7 Å². The molecule has 4 nitrogen and oxygen atoms in total. The highest BCUT2D eigenvalue weighted by molar-refractivity contribution is 7.95. The van der Waals surface area contributed by atoms with Crippen LogP contribution in [0.1, 0.15) is 35.1 Å². The molecule has 1 saturated carbocycles. The SMILES string of the molecule is COc1ccc2c(c1)S(=O)C(c1ccccc1C)=C2Oc1ccc(CCNCC2CC2)cc1. The summed E-state index contributed by atoms with van der Waals surface area (Å²) in [6.07, 6.45) is 3.75. The number of rotatable bonds is 9. The molecule has 0 radical (unpaired) electrons. The summed E-state index contributed by atoms with van der Waals surface area (Å²) in [4.78, 5) is 1.44. The van der Waals surface area contributed by atoms with Gasteiger partial charge in [-0.05, 0) is 92.2 Å². The molecule has 1 unspecified atom stereocenters. The molecule has 1 atom stereocenters. The lowest BCUT2D eigenvalue weighted by atomic mass is 10.1. The molecule has 0 aromatic heterocycles. The molecule has 5 heteroatoms. The van der Waals surface area contributed by atoms with Crippen LogP contribution in [0.15, 0.2) is 71.6 Å². The van der Waals surface area contributed by atoms with Gasteiger partial charge in [0.2, 0.25) is 0 Å². The first-order chi connectivity index (χ1) is 16.1. The van der Waals surface area contributed by atoms with Crippen molar-refractivity contribution in [3.63, 3.8) is 0 Å². The zero-order valence-electron chi connectivity index (χ0n) is 19.1. The summed E-state index contributed by atoms with van der Waals surface area (Å²) in [6, 6.07) is 21.9. The molecule has 0 spiro atoms. The van der Waals surface area contributed by atoms with Crippen LogP contribution in [0.4, 0.5) is 0 Å². The van der Waals surface area contributed by atoms with E-state index >= 15 is 0 Å². The Morgan fingerprint density at radius 1 is 0.970 bits per heavy atom. The van der Waals surface area contributed by atoms with E-state index in [1.807, 2.05) is 61.5 Å². The van der Waals surface area contributed by atoms with E-state index in [1.54, 1.807) is 7.11 Å². The molecule has 1 aliphatic heterocycles. The van der Waals surface area contributed by atoms with E-state index in [0.717, 1.165) is 52.8 Å². The van der Waals surface area contributed by atoms with E-state index in [2.05, 4.69) is 17.4 Å². The number of benzene rings is 3. The van der Waals surface area contributed by atoms with Gasteiger partial charge in [-0.1, -0.05) is 36.4 Å². The van der Waals surface area contributed by atoms with E-state index in [-0.39, 0.29) is 0 Å². The highest BCUT2D eigenvalue weighted by atomic mass is 32.2. The topological polar surface area (TPSA) is 47.6 Å². The normalized spacial score (nSPS) is 17.2. The Morgan fingerprint density at radius 3 is 2.45 bits per heavy atom. The van der Waals surface area contributed by atoms with Gasteiger partial charge >= 0.3 is 0 Å². The average molecular weight is 460 g/mol. The predicted molar refractivity (Wildman–Crippen MR) is 134 cm³/mol.